The van der Waals surface area contributed by atoms with Crippen molar-refractivity contribution in [2.75, 3.05) is 0 Å². The summed E-state index contributed by atoms with van der Waals surface area (Å²) in [5.74, 6) is -2.10. The average molecular weight is 516 g/mol. The van der Waals surface area contributed by atoms with E-state index in [2.05, 4.69) is 5.09 Å². The van der Waals surface area contributed by atoms with Gasteiger partial charge in [0, 0.05) is 12.1 Å². The molecule has 1 fully saturated rings. The minimum atomic E-state index is -4.28. The van der Waals surface area contributed by atoms with Gasteiger partial charge in [0.25, 0.3) is 5.69 Å². The number of nitrogens with zero attached hydrogens (tertiary/aromatic N) is 1. The van der Waals surface area contributed by atoms with E-state index in [4.69, 9.17) is 13.8 Å². The predicted molar refractivity (Wildman–Crippen MR) is 119 cm³/mol. The maximum Gasteiger partial charge on any atom is 0.513 e. The number of nitro groups is 1. The third kappa shape index (κ3) is 7.69. The molecule has 0 heterocycles. The second-order valence-corrected chi connectivity index (χ2v) is 9.67. The van der Waals surface area contributed by atoms with Gasteiger partial charge in [0.1, 0.15) is 23.6 Å². The van der Waals surface area contributed by atoms with Gasteiger partial charge < -0.3 is 13.8 Å². The van der Waals surface area contributed by atoms with E-state index in [1.165, 1.54) is 31.2 Å². The largest absolute Gasteiger partial charge is 0.513 e. The second-order valence-electron chi connectivity index (χ2n) is 8.05. The van der Waals surface area contributed by atoms with Crippen molar-refractivity contribution in [3.8, 4) is 11.5 Å². The molecule has 0 spiro atoms. The molecule has 1 saturated carbocycles. The Balaban J connectivity index is 1.67. The van der Waals surface area contributed by atoms with Gasteiger partial charge in [-0.1, -0.05) is 18.2 Å². The zero-order valence-electron chi connectivity index (χ0n) is 18.6. The monoisotopic (exact) mass is 516 g/mol. The molecule has 0 unspecified atom stereocenters. The van der Waals surface area contributed by atoms with E-state index >= 15 is 0 Å². The SMILES string of the molecule is C[C@H](N[P@@](=O)(Oc1ccccc1)Oc1ccc([N+](=O)[O-])cc1)C(=O)OC1CCC(C(F)(F)F)CC1. The average Bonchev–Trinajstić information content (AvgIpc) is 2.79. The molecule has 1 aliphatic carbocycles. The van der Waals surface area contributed by atoms with Gasteiger partial charge in [-0.3, -0.25) is 14.9 Å². The van der Waals surface area contributed by atoms with Crippen molar-refractivity contribution < 1.29 is 41.2 Å². The van der Waals surface area contributed by atoms with Crippen LogP contribution in [0.15, 0.2) is 54.6 Å². The van der Waals surface area contributed by atoms with Gasteiger partial charge in [0.05, 0.1) is 10.8 Å². The number of rotatable bonds is 9. The molecular weight excluding hydrogens is 492 g/mol. The zero-order valence-corrected chi connectivity index (χ0v) is 19.5. The molecule has 3 rings (SSSR count). The number of para-hydroxylation sites is 1. The number of alkyl halides is 3. The maximum absolute atomic E-state index is 13.5. The molecule has 2 aromatic rings. The Bertz CT molecular complexity index is 1060. The highest BCUT2D eigenvalue weighted by molar-refractivity contribution is 7.52. The van der Waals surface area contributed by atoms with E-state index < -0.39 is 42.9 Å². The van der Waals surface area contributed by atoms with E-state index in [0.717, 1.165) is 12.1 Å². The van der Waals surface area contributed by atoms with Crippen LogP contribution in [0.25, 0.3) is 0 Å². The van der Waals surface area contributed by atoms with Crippen molar-refractivity contribution in [2.45, 2.75) is 50.9 Å². The summed E-state index contributed by atoms with van der Waals surface area (Å²) in [5.41, 5.74) is -0.207. The Kier molecular flexibility index (Phi) is 8.39. The Labute approximate surface area is 199 Å². The van der Waals surface area contributed by atoms with Crippen LogP contribution < -0.4 is 14.1 Å². The number of nitro benzene ring substituents is 1. The van der Waals surface area contributed by atoms with Crippen LogP contribution >= 0.6 is 7.75 Å². The first-order valence-electron chi connectivity index (χ1n) is 10.8. The predicted octanol–water partition coefficient (Wildman–Crippen LogP) is 5.80. The second kappa shape index (κ2) is 11.1. The van der Waals surface area contributed by atoms with E-state index in [0.29, 0.717) is 0 Å². The fourth-order valence-corrected chi connectivity index (χ4v) is 5.04. The summed E-state index contributed by atoms with van der Waals surface area (Å²) in [6.45, 7) is 1.35. The number of nitrogens with one attached hydrogen (secondary N) is 1. The quantitative estimate of drug-likeness (QED) is 0.192. The van der Waals surface area contributed by atoms with E-state index in [9.17, 15) is 32.6 Å². The standard InChI is InChI=1S/C22H24F3N2O7P/c1-15(21(28)32-18-11-7-16(8-12-18)22(23,24)25)26-35(31,33-19-5-3-2-4-6-19)34-20-13-9-17(10-14-20)27(29)30/h2-6,9-10,13-16,18H,7-8,11-12H2,1H3,(H,26,31)/t15-,16?,18?,35+/m0/s1. The molecule has 0 radical (unpaired) electrons. The van der Waals surface area contributed by atoms with Crippen LogP contribution in [0.2, 0.25) is 0 Å². The molecule has 0 aliphatic heterocycles. The Morgan fingerprint density at radius 1 is 1.03 bits per heavy atom. The Morgan fingerprint density at radius 2 is 1.57 bits per heavy atom. The molecule has 1 aliphatic rings. The summed E-state index contributed by atoms with van der Waals surface area (Å²) >= 11 is 0. The van der Waals surface area contributed by atoms with Gasteiger partial charge in [-0.05, 0) is 56.9 Å². The molecule has 1 N–H and O–H groups in total. The lowest BCUT2D eigenvalue weighted by Crippen LogP contribution is -2.39. The first-order chi connectivity index (χ1) is 16.4. The Morgan fingerprint density at radius 3 is 2.09 bits per heavy atom. The highest BCUT2D eigenvalue weighted by Crippen LogP contribution is 2.45. The fourth-order valence-electron chi connectivity index (χ4n) is 3.52. The number of ether oxygens (including phenoxy) is 1. The number of non-ortho nitro benzene ring substituents is 1. The molecular formula is C22H24F3N2O7P. The van der Waals surface area contributed by atoms with Crippen LogP contribution in [0.4, 0.5) is 18.9 Å². The normalized spacial score (nSPS) is 20.8. The van der Waals surface area contributed by atoms with Crippen molar-refractivity contribution in [2.24, 2.45) is 5.92 Å². The summed E-state index contributed by atoms with van der Waals surface area (Å²) in [5, 5.41) is 13.3. The molecule has 0 saturated heterocycles. The summed E-state index contributed by atoms with van der Waals surface area (Å²) < 4.78 is 68.4. The highest BCUT2D eigenvalue weighted by Gasteiger charge is 2.42. The van der Waals surface area contributed by atoms with Crippen molar-refractivity contribution in [3.05, 3.63) is 64.7 Å². The molecule has 9 nitrogen and oxygen atoms in total. The molecule has 2 aromatic carbocycles. The van der Waals surface area contributed by atoms with Gasteiger partial charge in [-0.2, -0.15) is 18.3 Å². The van der Waals surface area contributed by atoms with E-state index in [1.54, 1.807) is 18.2 Å². The summed E-state index contributed by atoms with van der Waals surface area (Å²) in [4.78, 5) is 22.8. The van der Waals surface area contributed by atoms with Gasteiger partial charge in [-0.25, -0.2) is 4.57 Å². The van der Waals surface area contributed by atoms with Crippen molar-refractivity contribution >= 4 is 19.4 Å². The number of hydrogen-bond donors (Lipinski definition) is 1. The first kappa shape index (κ1) is 26.5. The first-order valence-corrected chi connectivity index (χ1v) is 12.3. The third-order valence-corrected chi connectivity index (χ3v) is 6.97. The van der Waals surface area contributed by atoms with Gasteiger partial charge in [0.15, 0.2) is 0 Å². The van der Waals surface area contributed by atoms with Crippen LogP contribution in [0.3, 0.4) is 0 Å². The van der Waals surface area contributed by atoms with Crippen LogP contribution in [0.1, 0.15) is 32.6 Å². The number of halogens is 3. The molecule has 190 valence electrons. The summed E-state index contributed by atoms with van der Waals surface area (Å²) in [6, 6.07) is 11.5. The molecule has 0 bridgehead atoms. The molecule has 0 amide bonds. The molecule has 35 heavy (non-hydrogen) atoms. The van der Waals surface area contributed by atoms with Gasteiger partial charge >= 0.3 is 19.9 Å². The molecule has 2 atom stereocenters. The van der Waals surface area contributed by atoms with E-state index in [1.807, 2.05) is 0 Å². The lowest BCUT2D eigenvalue weighted by atomic mass is 9.87. The number of esters is 1. The minimum absolute atomic E-state index is 0.0200. The lowest BCUT2D eigenvalue weighted by Gasteiger charge is -2.30. The number of carbonyl (C=O) groups is 1. The van der Waals surface area contributed by atoms with E-state index in [-0.39, 0.29) is 42.9 Å². The highest BCUT2D eigenvalue weighted by atomic mass is 31.2. The smallest absolute Gasteiger partial charge is 0.461 e. The number of hydrogen-bond acceptors (Lipinski definition) is 7. The lowest BCUT2D eigenvalue weighted by molar-refractivity contribution is -0.384. The Hall–Kier alpha value is -3.11. The third-order valence-electron chi connectivity index (χ3n) is 5.37. The summed E-state index contributed by atoms with van der Waals surface area (Å²) in [7, 11) is -4.27. The maximum atomic E-state index is 13.5. The van der Waals surface area contributed by atoms with Crippen LogP contribution in [0, 0.1) is 16.0 Å². The summed E-state index contributed by atoms with van der Waals surface area (Å²) in [6.07, 6.45) is -5.10. The fraction of sp³-hybridized carbons (Fsp3) is 0.409. The van der Waals surface area contributed by atoms with Crippen LogP contribution in [-0.4, -0.2) is 29.2 Å². The van der Waals surface area contributed by atoms with Crippen molar-refractivity contribution in [1.82, 2.24) is 5.09 Å². The minimum Gasteiger partial charge on any atom is -0.461 e. The van der Waals surface area contributed by atoms with Gasteiger partial charge in [-0.15, -0.1) is 0 Å². The molecule has 13 heteroatoms. The topological polar surface area (TPSA) is 117 Å². The van der Waals surface area contributed by atoms with Crippen molar-refractivity contribution in [3.63, 3.8) is 0 Å². The number of benzene rings is 2. The zero-order chi connectivity index (χ0) is 25.6. The van der Waals surface area contributed by atoms with Crippen LogP contribution in [-0.2, 0) is 14.1 Å². The van der Waals surface area contributed by atoms with Gasteiger partial charge in [0.2, 0.25) is 0 Å². The van der Waals surface area contributed by atoms with Crippen LogP contribution in [0.5, 0.6) is 11.5 Å². The molecule has 0 aromatic heterocycles. The number of carbonyl (C=O) groups excluding carboxylic acids is 1. The van der Waals surface area contributed by atoms with Crippen molar-refractivity contribution in [1.29, 1.82) is 0 Å².